The van der Waals surface area contributed by atoms with E-state index in [-0.39, 0.29) is 18.1 Å². The highest BCUT2D eigenvalue weighted by atomic mass is 16.6. The van der Waals surface area contributed by atoms with Crippen LogP contribution in [0.15, 0.2) is 36.7 Å². The molecule has 12 nitrogen and oxygen atoms in total. The number of hydrogen-bond acceptors (Lipinski definition) is 9. The number of benzene rings is 1. The standard InChI is InChI=1S/C37H55N7O5/c1-36(2,3)48-34(45)42(20-11-23-47-7)29-18-21-41(22-19-29)26-27-14-16-30(17-15-27)43(35(46)49-37(4,5)6)33-38-24-28-25-39-44(32(28)40-33)31-12-9-8-10-13-31/h14-17,24-25,29,31H,8-13,18-23,26H2,1-7H3. The van der Waals surface area contributed by atoms with Gasteiger partial charge in [0.25, 0.3) is 0 Å². The van der Waals surface area contributed by atoms with Crippen molar-refractivity contribution in [3.05, 3.63) is 42.2 Å². The summed E-state index contributed by atoms with van der Waals surface area (Å²) in [5.74, 6) is 0.258. The summed E-state index contributed by atoms with van der Waals surface area (Å²) in [6.07, 6.45) is 11.0. The van der Waals surface area contributed by atoms with Crippen LogP contribution in [0.2, 0.25) is 0 Å². The first kappa shape index (κ1) is 36.5. The molecule has 0 spiro atoms. The Morgan fingerprint density at radius 2 is 1.53 bits per heavy atom. The van der Waals surface area contributed by atoms with Crippen LogP contribution >= 0.6 is 0 Å². The maximum atomic E-state index is 13.7. The first-order valence-corrected chi connectivity index (χ1v) is 17.8. The average Bonchev–Trinajstić information content (AvgIpc) is 3.47. The van der Waals surface area contributed by atoms with Crippen molar-refractivity contribution in [2.75, 3.05) is 38.3 Å². The Hall–Kier alpha value is -3.77. The number of likely N-dealkylation sites (tertiary alicyclic amines) is 1. The molecule has 1 aromatic carbocycles. The minimum Gasteiger partial charge on any atom is -0.444 e. The SMILES string of the molecule is COCCCN(C(=O)OC(C)(C)C)C1CCN(Cc2ccc(N(C(=O)OC(C)(C)C)c3ncc4cnn(C5CCCCC5)c4n3)cc2)CC1. The van der Waals surface area contributed by atoms with E-state index in [2.05, 4.69) is 15.0 Å². The summed E-state index contributed by atoms with van der Waals surface area (Å²) in [4.78, 5) is 42.0. The van der Waals surface area contributed by atoms with Crippen LogP contribution in [0.5, 0.6) is 0 Å². The Morgan fingerprint density at radius 1 is 0.878 bits per heavy atom. The first-order valence-electron chi connectivity index (χ1n) is 17.8. The number of amides is 2. The van der Waals surface area contributed by atoms with Gasteiger partial charge < -0.3 is 19.1 Å². The summed E-state index contributed by atoms with van der Waals surface area (Å²) in [5, 5.41) is 5.51. The van der Waals surface area contributed by atoms with E-state index >= 15 is 0 Å². The summed E-state index contributed by atoms with van der Waals surface area (Å²) in [6.45, 7) is 15.0. The Kier molecular flexibility index (Phi) is 11.8. The number of rotatable bonds is 10. The van der Waals surface area contributed by atoms with Gasteiger partial charge in [0.05, 0.1) is 23.3 Å². The molecule has 3 heterocycles. The summed E-state index contributed by atoms with van der Waals surface area (Å²) < 4.78 is 18.8. The van der Waals surface area contributed by atoms with Crippen molar-refractivity contribution in [2.45, 2.75) is 123 Å². The van der Waals surface area contributed by atoms with E-state index in [4.69, 9.17) is 19.2 Å². The minimum atomic E-state index is -0.696. The zero-order chi connectivity index (χ0) is 35.2. The molecule has 1 aliphatic carbocycles. The number of methoxy groups -OCH3 is 1. The van der Waals surface area contributed by atoms with Gasteiger partial charge in [0.15, 0.2) is 5.65 Å². The van der Waals surface area contributed by atoms with Crippen LogP contribution in [-0.2, 0) is 20.8 Å². The van der Waals surface area contributed by atoms with Crippen LogP contribution < -0.4 is 4.90 Å². The van der Waals surface area contributed by atoms with Gasteiger partial charge in [-0.2, -0.15) is 10.1 Å². The molecule has 2 aliphatic rings. The predicted molar refractivity (Wildman–Crippen MR) is 190 cm³/mol. The summed E-state index contributed by atoms with van der Waals surface area (Å²) in [7, 11) is 1.68. The summed E-state index contributed by atoms with van der Waals surface area (Å²) >= 11 is 0. The van der Waals surface area contributed by atoms with Crippen molar-refractivity contribution in [1.82, 2.24) is 29.5 Å². The minimum absolute atomic E-state index is 0.125. The number of anilines is 2. The molecule has 12 heteroatoms. The molecule has 0 atom stereocenters. The third kappa shape index (κ3) is 9.91. The number of carbonyl (C=O) groups is 2. The normalized spacial score (nSPS) is 16.9. The number of nitrogens with zero attached hydrogens (tertiary/aromatic N) is 7. The van der Waals surface area contributed by atoms with Gasteiger partial charge in [0, 0.05) is 52.1 Å². The van der Waals surface area contributed by atoms with Crippen molar-refractivity contribution in [1.29, 1.82) is 0 Å². The number of carbonyl (C=O) groups excluding carboxylic acids is 2. The van der Waals surface area contributed by atoms with E-state index < -0.39 is 17.3 Å². The molecule has 2 amide bonds. The molecule has 5 rings (SSSR count). The summed E-state index contributed by atoms with van der Waals surface area (Å²) in [5.41, 5.74) is 1.25. The molecule has 49 heavy (non-hydrogen) atoms. The van der Waals surface area contributed by atoms with Gasteiger partial charge >= 0.3 is 12.2 Å². The van der Waals surface area contributed by atoms with Gasteiger partial charge in [-0.25, -0.2) is 24.2 Å². The molecular weight excluding hydrogens is 622 g/mol. The molecule has 3 aromatic rings. The van der Waals surface area contributed by atoms with E-state index in [0.29, 0.717) is 24.9 Å². The van der Waals surface area contributed by atoms with Crippen molar-refractivity contribution in [2.24, 2.45) is 0 Å². The van der Waals surface area contributed by atoms with Crippen LogP contribution in [-0.4, -0.2) is 92.3 Å². The third-order valence-electron chi connectivity index (χ3n) is 8.99. The van der Waals surface area contributed by atoms with Crippen molar-refractivity contribution in [3.8, 4) is 0 Å². The van der Waals surface area contributed by atoms with Crippen molar-refractivity contribution < 1.29 is 23.8 Å². The molecule has 2 aromatic heterocycles. The second-order valence-electron chi connectivity index (χ2n) is 15.3. The molecule has 2 fully saturated rings. The second kappa shape index (κ2) is 15.8. The quantitative estimate of drug-likeness (QED) is 0.200. The first-order chi connectivity index (χ1) is 23.3. The van der Waals surface area contributed by atoms with E-state index in [9.17, 15) is 9.59 Å². The molecule has 1 saturated carbocycles. The maximum absolute atomic E-state index is 13.7. The van der Waals surface area contributed by atoms with Gasteiger partial charge in [-0.05, 0) is 91.3 Å². The molecule has 1 aliphatic heterocycles. The van der Waals surface area contributed by atoms with Crippen LogP contribution in [0.25, 0.3) is 11.0 Å². The number of aromatic nitrogens is 4. The lowest BCUT2D eigenvalue weighted by atomic mass is 9.96. The molecule has 0 bridgehead atoms. The lowest BCUT2D eigenvalue weighted by Crippen LogP contribution is -2.49. The Labute approximate surface area is 291 Å². The van der Waals surface area contributed by atoms with Crippen LogP contribution in [0, 0.1) is 0 Å². The van der Waals surface area contributed by atoms with Gasteiger partial charge in [0.2, 0.25) is 5.95 Å². The van der Waals surface area contributed by atoms with Gasteiger partial charge in [-0.15, -0.1) is 0 Å². The van der Waals surface area contributed by atoms with E-state index in [1.807, 2.05) is 75.4 Å². The monoisotopic (exact) mass is 677 g/mol. The van der Waals surface area contributed by atoms with Crippen LogP contribution in [0.3, 0.4) is 0 Å². The van der Waals surface area contributed by atoms with Crippen LogP contribution in [0.1, 0.15) is 105 Å². The number of fused-ring (bicyclic) bond motifs is 1. The molecule has 268 valence electrons. The molecule has 0 unspecified atom stereocenters. The van der Waals surface area contributed by atoms with Crippen molar-refractivity contribution in [3.63, 3.8) is 0 Å². The zero-order valence-electron chi connectivity index (χ0n) is 30.5. The Bertz CT molecular complexity index is 1530. The predicted octanol–water partition coefficient (Wildman–Crippen LogP) is 7.64. The highest BCUT2D eigenvalue weighted by Crippen LogP contribution is 2.32. The fourth-order valence-corrected chi connectivity index (χ4v) is 6.66. The highest BCUT2D eigenvalue weighted by Gasteiger charge is 2.32. The topological polar surface area (TPSA) is 115 Å². The average molecular weight is 678 g/mol. The van der Waals surface area contributed by atoms with Gasteiger partial charge in [-0.3, -0.25) is 4.90 Å². The smallest absolute Gasteiger partial charge is 0.421 e. The van der Waals surface area contributed by atoms with E-state index in [1.54, 1.807) is 19.5 Å². The number of ether oxygens (including phenoxy) is 3. The fourth-order valence-electron chi connectivity index (χ4n) is 6.66. The number of hydrogen-bond donors (Lipinski definition) is 0. The molecule has 0 N–H and O–H groups in total. The third-order valence-corrected chi connectivity index (χ3v) is 8.99. The maximum Gasteiger partial charge on any atom is 0.421 e. The Morgan fingerprint density at radius 3 is 2.16 bits per heavy atom. The van der Waals surface area contributed by atoms with Crippen LogP contribution in [0.4, 0.5) is 21.2 Å². The molecular formula is C37H55N7O5. The highest BCUT2D eigenvalue weighted by molar-refractivity contribution is 5.95. The zero-order valence-corrected chi connectivity index (χ0v) is 30.5. The number of piperidine rings is 1. The fraction of sp³-hybridized carbons (Fsp3) is 0.649. The summed E-state index contributed by atoms with van der Waals surface area (Å²) in [6, 6.07) is 8.36. The van der Waals surface area contributed by atoms with Gasteiger partial charge in [-0.1, -0.05) is 31.4 Å². The molecule has 0 radical (unpaired) electrons. The van der Waals surface area contributed by atoms with Crippen molar-refractivity contribution >= 4 is 34.9 Å². The lowest BCUT2D eigenvalue weighted by Gasteiger charge is -2.39. The largest absolute Gasteiger partial charge is 0.444 e. The second-order valence-corrected chi connectivity index (χ2v) is 15.3. The van der Waals surface area contributed by atoms with E-state index in [1.165, 1.54) is 24.2 Å². The Balaban J connectivity index is 1.29. The van der Waals surface area contributed by atoms with Gasteiger partial charge in [0.1, 0.15) is 11.2 Å². The van der Waals surface area contributed by atoms with E-state index in [0.717, 1.165) is 68.3 Å². The molecule has 1 saturated heterocycles. The lowest BCUT2D eigenvalue weighted by molar-refractivity contribution is 0.00594.